The molecule has 17 heavy (non-hydrogen) atoms. The Kier molecular flexibility index (Phi) is 12.2. The van der Waals surface area contributed by atoms with Gasteiger partial charge in [-0.2, -0.15) is 0 Å². The Morgan fingerprint density at radius 1 is 1.29 bits per heavy atom. The predicted molar refractivity (Wildman–Crippen MR) is 89.9 cm³/mol. The molecule has 0 saturated heterocycles. The van der Waals surface area contributed by atoms with E-state index < -0.39 is 0 Å². The summed E-state index contributed by atoms with van der Waals surface area (Å²) in [7, 11) is 0. The first kappa shape index (κ1) is 17.7. The van der Waals surface area contributed by atoms with Gasteiger partial charge < -0.3 is 4.74 Å². The molecule has 1 unspecified atom stereocenters. The molecule has 0 N–H and O–H groups in total. The molecule has 0 amide bonds. The molecule has 100 valence electrons. The highest BCUT2D eigenvalue weighted by atomic mass is 127. The lowest BCUT2D eigenvalue weighted by molar-refractivity contribution is -0.144. The van der Waals surface area contributed by atoms with Crippen molar-refractivity contribution < 1.29 is 9.53 Å². The highest BCUT2D eigenvalue weighted by Gasteiger charge is 2.09. The molecule has 0 aromatic heterocycles. The summed E-state index contributed by atoms with van der Waals surface area (Å²) in [5.41, 5.74) is 0. The van der Waals surface area contributed by atoms with Gasteiger partial charge in [0.05, 0.1) is 0 Å². The van der Waals surface area contributed by atoms with Crippen molar-refractivity contribution in [1.82, 2.24) is 0 Å². The zero-order valence-corrected chi connectivity index (χ0v) is 15.0. The van der Waals surface area contributed by atoms with Gasteiger partial charge in [-0.1, -0.05) is 55.2 Å². The first-order valence-electron chi connectivity index (χ1n) is 6.19. The van der Waals surface area contributed by atoms with Crippen LogP contribution in [0.1, 0.15) is 52.4 Å². The molecule has 1 atom stereocenters. The van der Waals surface area contributed by atoms with Crippen molar-refractivity contribution in [2.75, 3.05) is 4.43 Å². The van der Waals surface area contributed by atoms with Gasteiger partial charge in [-0.3, -0.25) is 4.79 Å². The van der Waals surface area contributed by atoms with Crippen molar-refractivity contribution in [3.63, 3.8) is 0 Å². The second-order valence-electron chi connectivity index (χ2n) is 4.10. The standard InChI is InChI=1S/C13H22I2O2/c1-3-4-5-6-7-8-13(17-11(2)16)9-12(15)10-14/h9,13H,3-8,10H2,1-2H3/b12-9-. The smallest absolute Gasteiger partial charge is 0.303 e. The maximum atomic E-state index is 11.0. The number of carbonyl (C=O) groups excluding carboxylic acids is 1. The molecule has 0 fully saturated rings. The van der Waals surface area contributed by atoms with Crippen LogP contribution in [-0.2, 0) is 9.53 Å². The fourth-order valence-corrected chi connectivity index (χ4v) is 2.24. The van der Waals surface area contributed by atoms with E-state index in [-0.39, 0.29) is 12.1 Å². The molecule has 0 bridgehead atoms. The summed E-state index contributed by atoms with van der Waals surface area (Å²) in [5, 5.41) is 0. The van der Waals surface area contributed by atoms with E-state index in [1.807, 2.05) is 0 Å². The molecular weight excluding hydrogens is 442 g/mol. The van der Waals surface area contributed by atoms with E-state index in [2.05, 4.69) is 58.2 Å². The summed E-state index contributed by atoms with van der Waals surface area (Å²) in [5.74, 6) is -0.183. The summed E-state index contributed by atoms with van der Waals surface area (Å²) in [6.45, 7) is 3.70. The SMILES string of the molecule is CCCCCCCC(/C=C(\I)CI)OC(C)=O. The van der Waals surface area contributed by atoms with Crippen molar-refractivity contribution >= 4 is 51.2 Å². The fourth-order valence-electron chi connectivity index (χ4n) is 1.58. The van der Waals surface area contributed by atoms with E-state index >= 15 is 0 Å². The molecule has 0 aromatic carbocycles. The maximum Gasteiger partial charge on any atom is 0.303 e. The number of esters is 1. The summed E-state index contributed by atoms with van der Waals surface area (Å²) >= 11 is 4.62. The van der Waals surface area contributed by atoms with Gasteiger partial charge in [0.25, 0.3) is 0 Å². The van der Waals surface area contributed by atoms with Gasteiger partial charge in [-0.15, -0.1) is 0 Å². The van der Waals surface area contributed by atoms with Crippen LogP contribution in [0.4, 0.5) is 0 Å². The van der Waals surface area contributed by atoms with E-state index in [9.17, 15) is 4.79 Å². The summed E-state index contributed by atoms with van der Waals surface area (Å²) in [4.78, 5) is 11.0. The van der Waals surface area contributed by atoms with E-state index in [1.54, 1.807) is 0 Å². The zero-order valence-electron chi connectivity index (χ0n) is 10.7. The van der Waals surface area contributed by atoms with Crippen LogP contribution in [0, 0.1) is 0 Å². The summed E-state index contributed by atoms with van der Waals surface area (Å²) in [6.07, 6.45) is 9.23. The van der Waals surface area contributed by atoms with Crippen molar-refractivity contribution in [1.29, 1.82) is 0 Å². The van der Waals surface area contributed by atoms with Crippen LogP contribution in [0.25, 0.3) is 0 Å². The van der Waals surface area contributed by atoms with Gasteiger partial charge in [-0.05, 0) is 41.5 Å². The van der Waals surface area contributed by atoms with E-state index in [1.165, 1.54) is 36.2 Å². The largest absolute Gasteiger partial charge is 0.458 e. The molecule has 4 heteroatoms. The molecule has 2 nitrogen and oxygen atoms in total. The van der Waals surface area contributed by atoms with Gasteiger partial charge in [0.2, 0.25) is 0 Å². The summed E-state index contributed by atoms with van der Waals surface area (Å²) < 4.78 is 7.54. The van der Waals surface area contributed by atoms with Gasteiger partial charge >= 0.3 is 5.97 Å². The minimum Gasteiger partial charge on any atom is -0.458 e. The predicted octanol–water partition coefficient (Wildman–Crippen LogP) is 5.03. The van der Waals surface area contributed by atoms with Gasteiger partial charge in [-0.25, -0.2) is 0 Å². The number of hydrogen-bond donors (Lipinski definition) is 0. The Balaban J connectivity index is 3.98. The molecule has 0 aromatic rings. The topological polar surface area (TPSA) is 26.3 Å². The van der Waals surface area contributed by atoms with E-state index in [4.69, 9.17) is 4.74 Å². The third kappa shape index (κ3) is 11.5. The highest BCUT2D eigenvalue weighted by molar-refractivity contribution is 14.1. The number of unbranched alkanes of at least 4 members (excludes halogenated alkanes) is 4. The Labute approximate surface area is 132 Å². The molecule has 0 rings (SSSR count). The number of ether oxygens (including phenoxy) is 1. The highest BCUT2D eigenvalue weighted by Crippen LogP contribution is 2.16. The third-order valence-corrected chi connectivity index (χ3v) is 5.43. The van der Waals surface area contributed by atoms with Gasteiger partial charge in [0.15, 0.2) is 0 Å². The molecule has 0 saturated carbocycles. The Morgan fingerprint density at radius 3 is 2.47 bits per heavy atom. The fraction of sp³-hybridized carbons (Fsp3) is 0.769. The van der Waals surface area contributed by atoms with Crippen molar-refractivity contribution in [3.05, 3.63) is 9.66 Å². The molecule has 0 radical (unpaired) electrons. The number of rotatable bonds is 9. The molecular formula is C13H22I2O2. The normalized spacial score (nSPS) is 13.5. The van der Waals surface area contributed by atoms with Crippen molar-refractivity contribution in [2.24, 2.45) is 0 Å². The van der Waals surface area contributed by atoms with Crippen molar-refractivity contribution in [3.8, 4) is 0 Å². The van der Waals surface area contributed by atoms with Gasteiger partial charge in [0, 0.05) is 14.9 Å². The monoisotopic (exact) mass is 464 g/mol. The molecule has 0 aliphatic carbocycles. The number of allylic oxidation sites excluding steroid dienone is 1. The van der Waals surface area contributed by atoms with Crippen LogP contribution in [0.15, 0.2) is 9.66 Å². The minimum atomic E-state index is -0.183. The third-order valence-electron chi connectivity index (χ3n) is 2.40. The second kappa shape index (κ2) is 11.7. The maximum absolute atomic E-state index is 11.0. The minimum absolute atomic E-state index is 0.0317. The average molecular weight is 464 g/mol. The molecule has 0 spiro atoms. The Morgan fingerprint density at radius 2 is 1.94 bits per heavy atom. The van der Waals surface area contributed by atoms with E-state index in [0.29, 0.717) is 0 Å². The van der Waals surface area contributed by atoms with Crippen LogP contribution in [0.5, 0.6) is 0 Å². The lowest BCUT2D eigenvalue weighted by Gasteiger charge is -2.13. The van der Waals surface area contributed by atoms with E-state index in [0.717, 1.165) is 17.3 Å². The first-order chi connectivity index (χ1) is 8.10. The molecule has 0 aliphatic heterocycles. The Hall–Kier alpha value is 0.670. The second-order valence-corrected chi connectivity index (χ2v) is 6.25. The lowest BCUT2D eigenvalue weighted by Crippen LogP contribution is -2.14. The number of hydrogen-bond acceptors (Lipinski definition) is 2. The van der Waals surface area contributed by atoms with Crippen molar-refractivity contribution in [2.45, 2.75) is 58.5 Å². The van der Waals surface area contributed by atoms with Crippen LogP contribution >= 0.6 is 45.2 Å². The van der Waals surface area contributed by atoms with Crippen LogP contribution < -0.4 is 0 Å². The quantitative estimate of drug-likeness (QED) is 0.207. The molecule has 0 heterocycles. The van der Waals surface area contributed by atoms with Crippen LogP contribution in [-0.4, -0.2) is 16.5 Å². The van der Waals surface area contributed by atoms with Crippen LogP contribution in [0.2, 0.25) is 0 Å². The van der Waals surface area contributed by atoms with Crippen LogP contribution in [0.3, 0.4) is 0 Å². The average Bonchev–Trinajstić information content (AvgIpc) is 2.27. The van der Waals surface area contributed by atoms with Gasteiger partial charge in [0.1, 0.15) is 6.10 Å². The first-order valence-corrected chi connectivity index (χ1v) is 8.80. The lowest BCUT2D eigenvalue weighted by atomic mass is 10.1. The summed E-state index contributed by atoms with van der Waals surface area (Å²) in [6, 6.07) is 0. The number of carbonyl (C=O) groups is 1. The number of halogens is 2. The molecule has 0 aliphatic rings. The zero-order chi connectivity index (χ0) is 13.1. The Bertz CT molecular complexity index is 240. The number of alkyl halides is 1.